The molecular formula is C17H19BrClNO. The minimum atomic E-state index is 0.225. The quantitative estimate of drug-likeness (QED) is 0.744. The summed E-state index contributed by atoms with van der Waals surface area (Å²) in [6.07, 6.45) is 1.95. The molecule has 0 radical (unpaired) electrons. The van der Waals surface area contributed by atoms with Crippen LogP contribution in [0.25, 0.3) is 0 Å². The second kappa shape index (κ2) is 7.83. The fourth-order valence-electron chi connectivity index (χ4n) is 2.22. The maximum atomic E-state index is 9.38. The number of halogens is 2. The third kappa shape index (κ3) is 4.73. The monoisotopic (exact) mass is 367 g/mol. The molecule has 1 unspecified atom stereocenters. The molecule has 2 nitrogen and oxygen atoms in total. The molecule has 112 valence electrons. The topological polar surface area (TPSA) is 32.3 Å². The van der Waals surface area contributed by atoms with Gasteiger partial charge in [-0.3, -0.25) is 0 Å². The summed E-state index contributed by atoms with van der Waals surface area (Å²) < 4.78 is 0.913. The van der Waals surface area contributed by atoms with Gasteiger partial charge in [-0.15, -0.1) is 0 Å². The molecule has 2 aromatic rings. The minimum Gasteiger partial charge on any atom is -0.508 e. The Labute approximate surface area is 139 Å². The zero-order chi connectivity index (χ0) is 15.2. The number of rotatable bonds is 6. The molecule has 0 fully saturated rings. The molecular weight excluding hydrogens is 350 g/mol. The van der Waals surface area contributed by atoms with Crippen molar-refractivity contribution < 1.29 is 5.11 Å². The van der Waals surface area contributed by atoms with Crippen molar-refractivity contribution >= 4 is 27.5 Å². The number of hydrogen-bond donors (Lipinski definition) is 2. The molecule has 21 heavy (non-hydrogen) atoms. The molecule has 0 aliphatic heterocycles. The number of aromatic hydroxyl groups is 1. The summed E-state index contributed by atoms with van der Waals surface area (Å²) in [6, 6.07) is 13.6. The third-order valence-corrected chi connectivity index (χ3v) is 4.58. The largest absolute Gasteiger partial charge is 0.508 e. The van der Waals surface area contributed by atoms with Crippen LogP contribution in [0.15, 0.2) is 46.9 Å². The van der Waals surface area contributed by atoms with E-state index >= 15 is 0 Å². The van der Waals surface area contributed by atoms with Crippen LogP contribution in [0.2, 0.25) is 5.02 Å². The Bertz CT molecular complexity index is 586. The molecule has 1 atom stereocenters. The molecule has 0 aliphatic carbocycles. The van der Waals surface area contributed by atoms with Gasteiger partial charge in [0, 0.05) is 10.5 Å². The lowest BCUT2D eigenvalue weighted by Gasteiger charge is -2.20. The Morgan fingerprint density at radius 2 is 1.90 bits per heavy atom. The van der Waals surface area contributed by atoms with E-state index in [1.54, 1.807) is 12.1 Å². The standard InChI is InChI=1S/C17H19BrClNO/c1-2-9-20-17(10-12-3-6-14(21)7-4-12)13-5-8-16(19)15(18)11-13/h3-8,11,17,20-21H,2,9-10H2,1H3. The van der Waals surface area contributed by atoms with Crippen molar-refractivity contribution in [2.75, 3.05) is 6.54 Å². The summed E-state index contributed by atoms with van der Waals surface area (Å²) in [5.74, 6) is 0.297. The lowest BCUT2D eigenvalue weighted by molar-refractivity contribution is 0.474. The van der Waals surface area contributed by atoms with Crippen LogP contribution in [0, 0.1) is 0 Å². The van der Waals surface area contributed by atoms with Crippen LogP contribution in [0.5, 0.6) is 5.75 Å². The van der Waals surface area contributed by atoms with Gasteiger partial charge in [0.15, 0.2) is 0 Å². The second-order valence-electron chi connectivity index (χ2n) is 5.05. The van der Waals surface area contributed by atoms with Gasteiger partial charge in [0.1, 0.15) is 5.75 Å². The van der Waals surface area contributed by atoms with E-state index in [0.29, 0.717) is 5.75 Å². The fourth-order valence-corrected chi connectivity index (χ4v) is 2.74. The first-order chi connectivity index (χ1) is 10.1. The molecule has 0 amide bonds. The fraction of sp³-hybridized carbons (Fsp3) is 0.294. The van der Waals surface area contributed by atoms with E-state index in [2.05, 4.69) is 40.3 Å². The van der Waals surface area contributed by atoms with Crippen molar-refractivity contribution in [1.82, 2.24) is 5.32 Å². The summed E-state index contributed by atoms with van der Waals surface area (Å²) in [5, 5.41) is 13.7. The van der Waals surface area contributed by atoms with E-state index in [-0.39, 0.29) is 6.04 Å². The van der Waals surface area contributed by atoms with Crippen molar-refractivity contribution in [3.05, 3.63) is 63.1 Å². The predicted octanol–water partition coefficient (Wildman–Crippen LogP) is 5.09. The number of hydrogen-bond acceptors (Lipinski definition) is 2. The Hall–Kier alpha value is -1.03. The minimum absolute atomic E-state index is 0.225. The highest BCUT2D eigenvalue weighted by molar-refractivity contribution is 9.10. The van der Waals surface area contributed by atoms with Gasteiger partial charge in [-0.2, -0.15) is 0 Å². The lowest BCUT2D eigenvalue weighted by Crippen LogP contribution is -2.24. The maximum Gasteiger partial charge on any atom is 0.115 e. The molecule has 0 saturated carbocycles. The molecule has 0 bridgehead atoms. The van der Waals surface area contributed by atoms with Crippen LogP contribution >= 0.6 is 27.5 Å². The van der Waals surface area contributed by atoms with Crippen molar-refractivity contribution in [1.29, 1.82) is 0 Å². The summed E-state index contributed by atoms with van der Waals surface area (Å²) in [6.45, 7) is 3.12. The normalized spacial score (nSPS) is 12.3. The van der Waals surface area contributed by atoms with Crippen LogP contribution in [0.1, 0.15) is 30.5 Å². The van der Waals surface area contributed by atoms with Crippen LogP contribution in [-0.4, -0.2) is 11.7 Å². The van der Waals surface area contributed by atoms with Crippen molar-refractivity contribution in [2.24, 2.45) is 0 Å². The van der Waals surface area contributed by atoms with Gasteiger partial charge in [-0.25, -0.2) is 0 Å². The summed E-state index contributed by atoms with van der Waals surface area (Å²) in [5.41, 5.74) is 2.39. The van der Waals surface area contributed by atoms with Gasteiger partial charge in [0.05, 0.1) is 5.02 Å². The smallest absolute Gasteiger partial charge is 0.115 e. The van der Waals surface area contributed by atoms with Gasteiger partial charge in [0.2, 0.25) is 0 Å². The Kier molecular flexibility index (Phi) is 6.09. The lowest BCUT2D eigenvalue weighted by atomic mass is 9.98. The molecule has 0 spiro atoms. The van der Waals surface area contributed by atoms with Crippen molar-refractivity contribution in [3.63, 3.8) is 0 Å². The van der Waals surface area contributed by atoms with Crippen molar-refractivity contribution in [2.45, 2.75) is 25.8 Å². The van der Waals surface area contributed by atoms with Crippen LogP contribution < -0.4 is 5.32 Å². The van der Waals surface area contributed by atoms with Crippen LogP contribution in [-0.2, 0) is 6.42 Å². The Morgan fingerprint density at radius 1 is 1.19 bits per heavy atom. The van der Waals surface area contributed by atoms with E-state index in [9.17, 15) is 5.11 Å². The predicted molar refractivity (Wildman–Crippen MR) is 92.0 cm³/mol. The average molecular weight is 369 g/mol. The summed E-state index contributed by atoms with van der Waals surface area (Å²) in [4.78, 5) is 0. The van der Waals surface area contributed by atoms with Gasteiger partial charge < -0.3 is 10.4 Å². The second-order valence-corrected chi connectivity index (χ2v) is 6.31. The molecule has 0 heterocycles. The third-order valence-electron chi connectivity index (χ3n) is 3.36. The zero-order valence-corrected chi connectivity index (χ0v) is 14.3. The van der Waals surface area contributed by atoms with Crippen LogP contribution in [0.3, 0.4) is 0 Å². The molecule has 4 heteroatoms. The molecule has 2 aromatic carbocycles. The highest BCUT2D eigenvalue weighted by Crippen LogP contribution is 2.28. The van der Waals surface area contributed by atoms with Gasteiger partial charge >= 0.3 is 0 Å². The Balaban J connectivity index is 2.20. The highest BCUT2D eigenvalue weighted by Gasteiger charge is 2.13. The van der Waals surface area contributed by atoms with E-state index in [0.717, 1.165) is 28.9 Å². The van der Waals surface area contributed by atoms with E-state index in [4.69, 9.17) is 11.6 Å². The highest BCUT2D eigenvalue weighted by atomic mass is 79.9. The molecule has 0 aromatic heterocycles. The SMILES string of the molecule is CCCNC(Cc1ccc(O)cc1)c1ccc(Cl)c(Br)c1. The molecule has 2 rings (SSSR count). The zero-order valence-electron chi connectivity index (χ0n) is 11.9. The Morgan fingerprint density at radius 3 is 2.52 bits per heavy atom. The first-order valence-electron chi connectivity index (χ1n) is 7.06. The summed E-state index contributed by atoms with van der Waals surface area (Å²) in [7, 11) is 0. The molecule has 0 aliphatic rings. The van der Waals surface area contributed by atoms with Crippen LogP contribution in [0.4, 0.5) is 0 Å². The first kappa shape index (κ1) is 16.3. The van der Waals surface area contributed by atoms with E-state index in [1.165, 1.54) is 11.1 Å². The summed E-state index contributed by atoms with van der Waals surface area (Å²) >= 11 is 9.56. The number of phenols is 1. The van der Waals surface area contributed by atoms with Gasteiger partial charge in [-0.1, -0.05) is 36.7 Å². The number of phenolic OH excluding ortho intramolecular Hbond substituents is 1. The van der Waals surface area contributed by atoms with Gasteiger partial charge in [-0.05, 0) is 70.7 Å². The van der Waals surface area contributed by atoms with Gasteiger partial charge in [0.25, 0.3) is 0 Å². The average Bonchev–Trinajstić information content (AvgIpc) is 2.48. The number of nitrogens with one attached hydrogen (secondary N) is 1. The number of benzene rings is 2. The molecule has 2 N–H and O–H groups in total. The maximum absolute atomic E-state index is 9.38. The first-order valence-corrected chi connectivity index (χ1v) is 8.23. The van der Waals surface area contributed by atoms with E-state index < -0.39 is 0 Å². The van der Waals surface area contributed by atoms with E-state index in [1.807, 2.05) is 18.2 Å². The molecule has 0 saturated heterocycles. The van der Waals surface area contributed by atoms with Crippen molar-refractivity contribution in [3.8, 4) is 5.75 Å².